The lowest BCUT2D eigenvalue weighted by molar-refractivity contribution is 0.101. The fraction of sp³-hybridized carbons (Fsp3) is 0.111. The number of carbonyl (C=O) groups excluding carboxylic acids is 1. The monoisotopic (exact) mass is 367 g/mol. The minimum atomic E-state index is -0.494. The molecule has 0 spiro atoms. The van der Waals surface area contributed by atoms with Crippen molar-refractivity contribution in [3.8, 4) is 22.7 Å². The lowest BCUT2D eigenvalue weighted by Crippen LogP contribution is -2.12. The quantitative estimate of drug-likeness (QED) is 0.569. The molecule has 1 aromatic carbocycles. The number of anilines is 1. The number of nitrogens with zero attached hydrogens (tertiary/aromatic N) is 3. The smallest absolute Gasteiger partial charge is 0.322 e. The standard InChI is InChI=1S/C18H14FN5O3/c1-9-7-13(10(2)26-9)17-23-24-18(27-17)20-16(25)15-8-14(21-22-15)11-3-5-12(19)6-4-11/h3-8H,1-2H3,(H,21,22)(H,20,24,25). The second kappa shape index (κ2) is 6.52. The van der Waals surface area contributed by atoms with E-state index in [1.54, 1.807) is 31.2 Å². The van der Waals surface area contributed by atoms with Gasteiger partial charge in [0.15, 0.2) is 0 Å². The van der Waals surface area contributed by atoms with Crippen LogP contribution in [0.15, 0.2) is 45.2 Å². The Kier molecular flexibility index (Phi) is 4.03. The number of hydrogen-bond acceptors (Lipinski definition) is 6. The largest absolute Gasteiger partial charge is 0.466 e. The van der Waals surface area contributed by atoms with Gasteiger partial charge in [-0.15, -0.1) is 5.10 Å². The van der Waals surface area contributed by atoms with Gasteiger partial charge in [-0.25, -0.2) is 4.39 Å². The lowest BCUT2D eigenvalue weighted by Gasteiger charge is -1.96. The van der Waals surface area contributed by atoms with Gasteiger partial charge in [0.05, 0.1) is 11.3 Å². The van der Waals surface area contributed by atoms with Crippen LogP contribution in [0.5, 0.6) is 0 Å². The zero-order valence-corrected chi connectivity index (χ0v) is 14.4. The van der Waals surface area contributed by atoms with Crippen molar-refractivity contribution < 1.29 is 18.0 Å². The molecule has 0 unspecified atom stereocenters. The summed E-state index contributed by atoms with van der Waals surface area (Å²) >= 11 is 0. The first-order chi connectivity index (χ1) is 13.0. The summed E-state index contributed by atoms with van der Waals surface area (Å²) < 4.78 is 23.9. The van der Waals surface area contributed by atoms with Gasteiger partial charge in [0.25, 0.3) is 11.8 Å². The van der Waals surface area contributed by atoms with E-state index in [0.717, 1.165) is 5.76 Å². The molecule has 0 atom stereocenters. The van der Waals surface area contributed by atoms with Gasteiger partial charge in [0.1, 0.15) is 23.0 Å². The average molecular weight is 367 g/mol. The molecule has 0 saturated heterocycles. The fourth-order valence-electron chi connectivity index (χ4n) is 2.60. The fourth-order valence-corrected chi connectivity index (χ4v) is 2.60. The molecule has 0 bridgehead atoms. The van der Waals surface area contributed by atoms with Crippen LogP contribution in [0.4, 0.5) is 10.4 Å². The number of hydrogen-bond donors (Lipinski definition) is 2. The van der Waals surface area contributed by atoms with Crippen LogP contribution in [0.1, 0.15) is 22.0 Å². The van der Waals surface area contributed by atoms with Gasteiger partial charge in [-0.1, -0.05) is 5.10 Å². The number of aromatic nitrogens is 4. The van der Waals surface area contributed by atoms with Gasteiger partial charge in [-0.05, 0) is 50.2 Å². The zero-order chi connectivity index (χ0) is 19.0. The number of aryl methyl sites for hydroxylation is 2. The topological polar surface area (TPSA) is 110 Å². The van der Waals surface area contributed by atoms with E-state index in [9.17, 15) is 9.18 Å². The summed E-state index contributed by atoms with van der Waals surface area (Å²) in [7, 11) is 0. The van der Waals surface area contributed by atoms with E-state index in [2.05, 4.69) is 25.7 Å². The highest BCUT2D eigenvalue weighted by Crippen LogP contribution is 2.26. The molecular weight excluding hydrogens is 353 g/mol. The first kappa shape index (κ1) is 16.7. The number of furan rings is 1. The molecule has 0 saturated carbocycles. The SMILES string of the molecule is Cc1cc(-c2nnc(NC(=O)c3cc(-c4ccc(F)cc4)n[nH]3)o2)c(C)o1. The Morgan fingerprint density at radius 2 is 1.89 bits per heavy atom. The molecule has 3 heterocycles. The van der Waals surface area contributed by atoms with E-state index in [4.69, 9.17) is 8.83 Å². The Labute approximate surface area is 152 Å². The van der Waals surface area contributed by atoms with E-state index < -0.39 is 5.91 Å². The maximum atomic E-state index is 13.0. The predicted octanol–water partition coefficient (Wildman–Crippen LogP) is 3.73. The summed E-state index contributed by atoms with van der Waals surface area (Å²) in [5, 5.41) is 16.9. The molecular formula is C18H14FN5O3. The van der Waals surface area contributed by atoms with Crippen LogP contribution in [0.3, 0.4) is 0 Å². The highest BCUT2D eigenvalue weighted by molar-refractivity contribution is 6.02. The number of carbonyl (C=O) groups is 1. The third kappa shape index (κ3) is 3.34. The third-order valence-electron chi connectivity index (χ3n) is 3.88. The molecule has 3 aromatic heterocycles. The Morgan fingerprint density at radius 3 is 2.59 bits per heavy atom. The lowest BCUT2D eigenvalue weighted by atomic mass is 10.1. The molecule has 1 amide bonds. The molecule has 0 aliphatic carbocycles. The number of nitrogens with one attached hydrogen (secondary N) is 2. The summed E-state index contributed by atoms with van der Waals surface area (Å²) in [5.41, 5.74) is 2.05. The number of aromatic amines is 1. The van der Waals surface area contributed by atoms with E-state index in [-0.39, 0.29) is 23.4 Å². The zero-order valence-electron chi connectivity index (χ0n) is 14.4. The van der Waals surface area contributed by atoms with Crippen LogP contribution >= 0.6 is 0 Å². The molecule has 27 heavy (non-hydrogen) atoms. The first-order valence-corrected chi connectivity index (χ1v) is 8.03. The number of H-pyrrole nitrogens is 1. The van der Waals surface area contributed by atoms with Gasteiger partial charge < -0.3 is 8.83 Å². The van der Waals surface area contributed by atoms with E-state index in [1.165, 1.54) is 12.1 Å². The molecule has 136 valence electrons. The Morgan fingerprint density at radius 1 is 1.11 bits per heavy atom. The van der Waals surface area contributed by atoms with Gasteiger partial charge >= 0.3 is 6.01 Å². The minimum absolute atomic E-state index is 0.0498. The number of amides is 1. The van der Waals surface area contributed by atoms with Crippen molar-refractivity contribution in [1.82, 2.24) is 20.4 Å². The molecule has 0 fully saturated rings. The van der Waals surface area contributed by atoms with Crippen molar-refractivity contribution in [1.29, 1.82) is 0 Å². The molecule has 9 heteroatoms. The average Bonchev–Trinajstić information content (AvgIpc) is 3.35. The Hall–Kier alpha value is -3.75. The van der Waals surface area contributed by atoms with Crippen molar-refractivity contribution in [2.45, 2.75) is 13.8 Å². The molecule has 8 nitrogen and oxygen atoms in total. The van der Waals surface area contributed by atoms with Crippen LogP contribution in [0.2, 0.25) is 0 Å². The second-order valence-corrected chi connectivity index (χ2v) is 5.87. The third-order valence-corrected chi connectivity index (χ3v) is 3.88. The molecule has 2 N–H and O–H groups in total. The van der Waals surface area contributed by atoms with Crippen molar-refractivity contribution in [2.24, 2.45) is 0 Å². The number of halogens is 1. The molecule has 4 rings (SSSR count). The maximum Gasteiger partial charge on any atom is 0.322 e. The number of rotatable bonds is 4. The van der Waals surface area contributed by atoms with Gasteiger partial charge in [0.2, 0.25) is 0 Å². The van der Waals surface area contributed by atoms with Crippen molar-refractivity contribution in [3.63, 3.8) is 0 Å². The van der Waals surface area contributed by atoms with Crippen LogP contribution in [-0.2, 0) is 0 Å². The highest BCUT2D eigenvalue weighted by Gasteiger charge is 2.18. The Balaban J connectivity index is 1.50. The number of benzene rings is 1. The summed E-state index contributed by atoms with van der Waals surface area (Å²) in [6.45, 7) is 3.60. The minimum Gasteiger partial charge on any atom is -0.466 e. The van der Waals surface area contributed by atoms with Crippen molar-refractivity contribution in [2.75, 3.05) is 5.32 Å². The summed E-state index contributed by atoms with van der Waals surface area (Å²) in [4.78, 5) is 12.3. The van der Waals surface area contributed by atoms with Crippen LogP contribution in [0, 0.1) is 19.7 Å². The first-order valence-electron chi connectivity index (χ1n) is 8.03. The van der Waals surface area contributed by atoms with Gasteiger partial charge in [-0.3, -0.25) is 15.2 Å². The molecule has 0 radical (unpaired) electrons. The van der Waals surface area contributed by atoms with Crippen LogP contribution < -0.4 is 5.32 Å². The normalized spacial score (nSPS) is 10.9. The van der Waals surface area contributed by atoms with Gasteiger partial charge in [-0.2, -0.15) is 5.10 Å². The van der Waals surface area contributed by atoms with Crippen LogP contribution in [0.25, 0.3) is 22.7 Å². The highest BCUT2D eigenvalue weighted by atomic mass is 19.1. The summed E-state index contributed by atoms with van der Waals surface area (Å²) in [6, 6.07) is 9.07. The second-order valence-electron chi connectivity index (χ2n) is 5.87. The van der Waals surface area contributed by atoms with Crippen molar-refractivity contribution in [3.05, 3.63) is 59.4 Å². The van der Waals surface area contributed by atoms with Gasteiger partial charge in [0, 0.05) is 5.56 Å². The molecule has 0 aliphatic heterocycles. The summed E-state index contributed by atoms with van der Waals surface area (Å²) in [6.07, 6.45) is 0. The van der Waals surface area contributed by atoms with E-state index in [0.29, 0.717) is 22.6 Å². The predicted molar refractivity (Wildman–Crippen MR) is 93.4 cm³/mol. The summed E-state index contributed by atoms with van der Waals surface area (Å²) in [5.74, 6) is 0.772. The van der Waals surface area contributed by atoms with E-state index >= 15 is 0 Å². The molecule has 4 aromatic rings. The maximum absolute atomic E-state index is 13.0. The van der Waals surface area contributed by atoms with E-state index in [1.807, 2.05) is 6.92 Å². The molecule has 0 aliphatic rings. The van der Waals surface area contributed by atoms with Crippen LogP contribution in [-0.4, -0.2) is 26.3 Å². The Bertz CT molecular complexity index is 1110. The van der Waals surface area contributed by atoms with Crippen molar-refractivity contribution >= 4 is 11.9 Å².